The topological polar surface area (TPSA) is 52.9 Å². The molecule has 0 aliphatic carbocycles. The molecule has 0 unspecified atom stereocenters. The molecule has 0 aromatic carbocycles. The molecule has 0 spiro atoms. The summed E-state index contributed by atoms with van der Waals surface area (Å²) >= 11 is 0. The summed E-state index contributed by atoms with van der Waals surface area (Å²) in [5.74, 6) is 0.677. The normalized spacial score (nSPS) is 11.6. The van der Waals surface area contributed by atoms with E-state index in [0.29, 0.717) is 25.6 Å². The van der Waals surface area contributed by atoms with Gasteiger partial charge in [0.2, 0.25) is 0 Å². The fraction of sp³-hybridized carbons (Fsp3) is 1.00. The van der Waals surface area contributed by atoms with Gasteiger partial charge in [0.15, 0.2) is 0 Å². The molecule has 0 aliphatic rings. The Morgan fingerprint density at radius 1 is 1.00 bits per heavy atom. The highest BCUT2D eigenvalue weighted by molar-refractivity contribution is 4.55. The summed E-state index contributed by atoms with van der Waals surface area (Å²) < 4.78 is 5.46. The van der Waals surface area contributed by atoms with Crippen LogP contribution in [0.4, 0.5) is 0 Å². The maximum atomic E-state index is 8.77. The zero-order valence-electron chi connectivity index (χ0n) is 9.98. The maximum Gasteiger partial charge on any atom is 0.0593 e. The van der Waals surface area contributed by atoms with Gasteiger partial charge in [-0.3, -0.25) is 4.90 Å². The summed E-state index contributed by atoms with van der Waals surface area (Å²) in [6.07, 6.45) is 1.08. The second kappa shape index (κ2) is 10.4. The average Bonchev–Trinajstić information content (AvgIpc) is 2.17. The van der Waals surface area contributed by atoms with E-state index in [9.17, 15) is 0 Å². The Hall–Kier alpha value is -0.160. The van der Waals surface area contributed by atoms with Crippen molar-refractivity contribution in [2.24, 2.45) is 5.92 Å². The van der Waals surface area contributed by atoms with Gasteiger partial charge in [0, 0.05) is 26.2 Å². The number of nitrogens with zero attached hydrogens (tertiary/aromatic N) is 1. The van der Waals surface area contributed by atoms with Crippen molar-refractivity contribution < 1.29 is 14.9 Å². The molecule has 4 nitrogen and oxygen atoms in total. The van der Waals surface area contributed by atoms with Gasteiger partial charge >= 0.3 is 0 Å². The summed E-state index contributed by atoms with van der Waals surface area (Å²) in [7, 11) is 0. The second-order valence-electron chi connectivity index (χ2n) is 4.08. The number of hydrogen-bond acceptors (Lipinski definition) is 4. The third kappa shape index (κ3) is 10.1. The van der Waals surface area contributed by atoms with Crippen molar-refractivity contribution in [2.75, 3.05) is 46.1 Å². The highest BCUT2D eigenvalue weighted by Gasteiger charge is 2.02. The van der Waals surface area contributed by atoms with Crippen LogP contribution in [-0.2, 0) is 4.74 Å². The van der Waals surface area contributed by atoms with Crippen molar-refractivity contribution in [1.82, 2.24) is 4.90 Å². The van der Waals surface area contributed by atoms with Gasteiger partial charge < -0.3 is 14.9 Å². The van der Waals surface area contributed by atoms with E-state index < -0.39 is 0 Å². The molecule has 0 atom stereocenters. The van der Waals surface area contributed by atoms with E-state index in [1.165, 1.54) is 0 Å². The van der Waals surface area contributed by atoms with Crippen molar-refractivity contribution >= 4 is 0 Å². The van der Waals surface area contributed by atoms with Crippen LogP contribution in [0.15, 0.2) is 0 Å². The van der Waals surface area contributed by atoms with Crippen molar-refractivity contribution in [3.63, 3.8) is 0 Å². The minimum atomic E-state index is 0.131. The van der Waals surface area contributed by atoms with Gasteiger partial charge in [-0.25, -0.2) is 0 Å². The Morgan fingerprint density at radius 2 is 1.60 bits per heavy atom. The smallest absolute Gasteiger partial charge is 0.0593 e. The van der Waals surface area contributed by atoms with Gasteiger partial charge in [-0.05, 0) is 12.3 Å². The molecule has 92 valence electrons. The Morgan fingerprint density at radius 3 is 2.07 bits per heavy atom. The van der Waals surface area contributed by atoms with E-state index in [0.717, 1.165) is 19.6 Å². The van der Waals surface area contributed by atoms with Gasteiger partial charge in [-0.15, -0.1) is 0 Å². The number of aliphatic hydroxyl groups is 2. The number of ether oxygens (including phenoxy) is 1. The van der Waals surface area contributed by atoms with Gasteiger partial charge in [-0.1, -0.05) is 13.8 Å². The molecule has 0 aliphatic heterocycles. The predicted molar refractivity (Wildman–Crippen MR) is 60.9 cm³/mol. The van der Waals surface area contributed by atoms with Crippen LogP contribution in [0.3, 0.4) is 0 Å². The van der Waals surface area contributed by atoms with E-state index in [2.05, 4.69) is 13.8 Å². The molecule has 0 rings (SSSR count). The molecule has 0 radical (unpaired) electrons. The summed E-state index contributed by atoms with van der Waals surface area (Å²) in [5, 5.41) is 17.5. The standard InChI is InChI=1S/C11H25NO3/c1-11(2)3-9-15-10-6-12(4-7-13)5-8-14/h11,13-14H,3-10H2,1-2H3. The second-order valence-corrected chi connectivity index (χ2v) is 4.08. The zero-order chi connectivity index (χ0) is 11.5. The minimum Gasteiger partial charge on any atom is -0.395 e. The summed E-state index contributed by atoms with van der Waals surface area (Å²) in [6, 6.07) is 0. The third-order valence-corrected chi connectivity index (χ3v) is 2.22. The Kier molecular flexibility index (Phi) is 10.3. The van der Waals surface area contributed by atoms with E-state index in [1.807, 2.05) is 4.90 Å². The number of aliphatic hydroxyl groups excluding tert-OH is 2. The summed E-state index contributed by atoms with van der Waals surface area (Å²) in [5.41, 5.74) is 0. The lowest BCUT2D eigenvalue weighted by molar-refractivity contribution is 0.0817. The molecule has 0 saturated heterocycles. The molecule has 0 bridgehead atoms. The van der Waals surface area contributed by atoms with Crippen LogP contribution in [0.5, 0.6) is 0 Å². The Bertz CT molecular complexity index is 125. The number of hydrogen-bond donors (Lipinski definition) is 2. The van der Waals surface area contributed by atoms with Crippen molar-refractivity contribution in [1.29, 1.82) is 0 Å². The van der Waals surface area contributed by atoms with Crippen LogP contribution < -0.4 is 0 Å². The lowest BCUT2D eigenvalue weighted by Crippen LogP contribution is -2.33. The molecule has 15 heavy (non-hydrogen) atoms. The van der Waals surface area contributed by atoms with Crippen LogP contribution in [0, 0.1) is 5.92 Å². The molecule has 0 heterocycles. The predicted octanol–water partition coefficient (Wildman–Crippen LogP) is 0.336. The first-order chi connectivity index (χ1) is 7.20. The van der Waals surface area contributed by atoms with Crippen molar-refractivity contribution in [2.45, 2.75) is 20.3 Å². The van der Waals surface area contributed by atoms with Crippen LogP contribution in [0.1, 0.15) is 20.3 Å². The van der Waals surface area contributed by atoms with E-state index >= 15 is 0 Å². The van der Waals surface area contributed by atoms with Gasteiger partial charge in [0.25, 0.3) is 0 Å². The first-order valence-electron chi connectivity index (χ1n) is 5.72. The van der Waals surface area contributed by atoms with Crippen LogP contribution in [-0.4, -0.2) is 61.2 Å². The average molecular weight is 219 g/mol. The number of rotatable bonds is 10. The summed E-state index contributed by atoms with van der Waals surface area (Å²) in [4.78, 5) is 2.00. The monoisotopic (exact) mass is 219 g/mol. The fourth-order valence-electron chi connectivity index (χ4n) is 1.23. The quantitative estimate of drug-likeness (QED) is 0.520. The Balaban J connectivity index is 3.36. The minimum absolute atomic E-state index is 0.131. The van der Waals surface area contributed by atoms with E-state index in [1.54, 1.807) is 0 Å². The van der Waals surface area contributed by atoms with Gasteiger partial charge in [0.05, 0.1) is 19.8 Å². The molecular weight excluding hydrogens is 194 g/mol. The molecule has 0 amide bonds. The molecular formula is C11H25NO3. The van der Waals surface area contributed by atoms with E-state index in [-0.39, 0.29) is 13.2 Å². The first-order valence-corrected chi connectivity index (χ1v) is 5.72. The Labute approximate surface area is 92.9 Å². The largest absolute Gasteiger partial charge is 0.395 e. The molecule has 0 fully saturated rings. The molecule has 2 N–H and O–H groups in total. The molecule has 0 saturated carbocycles. The molecule has 0 aromatic rings. The maximum absolute atomic E-state index is 8.77. The SMILES string of the molecule is CC(C)CCOCCN(CCO)CCO. The van der Waals surface area contributed by atoms with E-state index in [4.69, 9.17) is 14.9 Å². The molecule has 0 aromatic heterocycles. The highest BCUT2D eigenvalue weighted by Crippen LogP contribution is 1.98. The first kappa shape index (κ1) is 14.8. The van der Waals surface area contributed by atoms with Crippen molar-refractivity contribution in [3.05, 3.63) is 0 Å². The van der Waals surface area contributed by atoms with Crippen LogP contribution in [0.2, 0.25) is 0 Å². The van der Waals surface area contributed by atoms with Gasteiger partial charge in [0.1, 0.15) is 0 Å². The van der Waals surface area contributed by atoms with Crippen molar-refractivity contribution in [3.8, 4) is 0 Å². The lowest BCUT2D eigenvalue weighted by atomic mass is 10.1. The third-order valence-electron chi connectivity index (χ3n) is 2.22. The zero-order valence-corrected chi connectivity index (χ0v) is 9.98. The van der Waals surface area contributed by atoms with Crippen LogP contribution >= 0.6 is 0 Å². The van der Waals surface area contributed by atoms with Gasteiger partial charge in [-0.2, -0.15) is 0 Å². The van der Waals surface area contributed by atoms with Crippen LogP contribution in [0.25, 0.3) is 0 Å². The lowest BCUT2D eigenvalue weighted by Gasteiger charge is -2.19. The highest BCUT2D eigenvalue weighted by atomic mass is 16.5. The molecule has 4 heteroatoms. The summed E-state index contributed by atoms with van der Waals surface area (Å²) in [6.45, 7) is 8.07. The fourth-order valence-corrected chi connectivity index (χ4v) is 1.23.